The quantitative estimate of drug-likeness (QED) is 0.672. The molecular formula is C20H27NO2. The predicted molar refractivity (Wildman–Crippen MR) is 96.3 cm³/mol. The summed E-state index contributed by atoms with van der Waals surface area (Å²) in [5, 5.41) is 3.53. The molecule has 2 aromatic carbocycles. The third-order valence-corrected chi connectivity index (χ3v) is 3.69. The first-order valence-electron chi connectivity index (χ1n) is 8.33. The fraction of sp³-hybridized carbons (Fsp3) is 0.400. The van der Waals surface area contributed by atoms with Gasteiger partial charge in [0.25, 0.3) is 0 Å². The molecule has 0 aliphatic rings. The van der Waals surface area contributed by atoms with E-state index in [4.69, 9.17) is 9.47 Å². The van der Waals surface area contributed by atoms with Crippen molar-refractivity contribution in [1.82, 2.24) is 0 Å². The number of anilines is 1. The van der Waals surface area contributed by atoms with E-state index in [0.717, 1.165) is 18.9 Å². The van der Waals surface area contributed by atoms with Crippen molar-refractivity contribution in [2.24, 2.45) is 0 Å². The van der Waals surface area contributed by atoms with Gasteiger partial charge in [-0.05, 0) is 42.2 Å². The van der Waals surface area contributed by atoms with Gasteiger partial charge in [-0.3, -0.25) is 0 Å². The van der Waals surface area contributed by atoms with Crippen LogP contribution in [0.3, 0.4) is 0 Å². The van der Waals surface area contributed by atoms with Gasteiger partial charge in [-0.15, -0.1) is 0 Å². The Hall–Kier alpha value is -2.00. The molecule has 0 spiro atoms. The van der Waals surface area contributed by atoms with Crippen molar-refractivity contribution in [3.8, 4) is 5.75 Å². The normalized spacial score (nSPS) is 10.8. The molecule has 124 valence electrons. The van der Waals surface area contributed by atoms with Gasteiger partial charge in [-0.2, -0.15) is 0 Å². The zero-order chi connectivity index (χ0) is 16.5. The number of rotatable bonds is 9. The van der Waals surface area contributed by atoms with Crippen LogP contribution in [0.1, 0.15) is 37.8 Å². The maximum atomic E-state index is 5.63. The van der Waals surface area contributed by atoms with E-state index in [1.807, 2.05) is 19.1 Å². The first-order chi connectivity index (χ1) is 11.2. The van der Waals surface area contributed by atoms with E-state index in [1.165, 1.54) is 16.8 Å². The lowest BCUT2D eigenvalue weighted by Crippen LogP contribution is -2.06. The maximum absolute atomic E-state index is 5.63. The minimum Gasteiger partial charge on any atom is -0.491 e. The zero-order valence-electron chi connectivity index (χ0n) is 14.3. The van der Waals surface area contributed by atoms with Gasteiger partial charge in [-0.25, -0.2) is 0 Å². The van der Waals surface area contributed by atoms with Gasteiger partial charge in [0.05, 0.1) is 6.61 Å². The minimum absolute atomic E-state index is 0.514. The molecule has 0 fully saturated rings. The van der Waals surface area contributed by atoms with Gasteiger partial charge in [-0.1, -0.05) is 44.2 Å². The monoisotopic (exact) mass is 313 g/mol. The van der Waals surface area contributed by atoms with Crippen LogP contribution in [0.15, 0.2) is 48.5 Å². The third-order valence-electron chi connectivity index (χ3n) is 3.69. The fourth-order valence-electron chi connectivity index (χ4n) is 2.43. The highest BCUT2D eigenvalue weighted by molar-refractivity contribution is 5.52. The fourth-order valence-corrected chi connectivity index (χ4v) is 2.43. The first-order valence-corrected chi connectivity index (χ1v) is 8.33. The first kappa shape index (κ1) is 17.4. The van der Waals surface area contributed by atoms with E-state index >= 15 is 0 Å². The topological polar surface area (TPSA) is 30.5 Å². The van der Waals surface area contributed by atoms with Crippen molar-refractivity contribution in [2.45, 2.75) is 33.2 Å². The van der Waals surface area contributed by atoms with E-state index in [2.05, 4.69) is 55.6 Å². The molecule has 0 aliphatic heterocycles. The molecule has 2 aromatic rings. The van der Waals surface area contributed by atoms with E-state index in [0.29, 0.717) is 19.1 Å². The van der Waals surface area contributed by atoms with Gasteiger partial charge in [0, 0.05) is 18.8 Å². The molecule has 0 heterocycles. The van der Waals surface area contributed by atoms with Crippen molar-refractivity contribution in [3.05, 3.63) is 59.7 Å². The number of para-hydroxylation sites is 1. The molecule has 0 unspecified atom stereocenters. The lowest BCUT2D eigenvalue weighted by molar-refractivity contribution is 0.110. The number of hydrogen-bond donors (Lipinski definition) is 1. The summed E-state index contributed by atoms with van der Waals surface area (Å²) in [4.78, 5) is 0. The molecule has 0 saturated heterocycles. The average molecular weight is 313 g/mol. The molecule has 0 atom stereocenters. The lowest BCUT2D eigenvalue weighted by Gasteiger charge is -2.14. The molecule has 1 N–H and O–H groups in total. The number of benzene rings is 2. The highest BCUT2D eigenvalue weighted by atomic mass is 16.5. The molecule has 0 aromatic heterocycles. The van der Waals surface area contributed by atoms with Crippen LogP contribution in [0.25, 0.3) is 0 Å². The smallest absolute Gasteiger partial charge is 0.119 e. The van der Waals surface area contributed by atoms with Crippen LogP contribution in [-0.2, 0) is 11.3 Å². The summed E-state index contributed by atoms with van der Waals surface area (Å²) in [5.41, 5.74) is 3.80. The summed E-state index contributed by atoms with van der Waals surface area (Å²) >= 11 is 0. The lowest BCUT2D eigenvalue weighted by atomic mass is 10.0. The van der Waals surface area contributed by atoms with E-state index in [9.17, 15) is 0 Å². The highest BCUT2D eigenvalue weighted by Crippen LogP contribution is 2.24. The van der Waals surface area contributed by atoms with Gasteiger partial charge < -0.3 is 14.8 Å². The Morgan fingerprint density at radius 1 is 0.957 bits per heavy atom. The molecular weight excluding hydrogens is 286 g/mol. The molecule has 0 aliphatic carbocycles. The van der Waals surface area contributed by atoms with Crippen LogP contribution in [-0.4, -0.2) is 19.8 Å². The summed E-state index contributed by atoms with van der Waals surface area (Å²) in [7, 11) is 0. The van der Waals surface area contributed by atoms with E-state index in [-0.39, 0.29) is 0 Å². The Bertz CT molecular complexity index is 578. The molecule has 23 heavy (non-hydrogen) atoms. The summed E-state index contributed by atoms with van der Waals surface area (Å²) in [6.07, 6.45) is 0. The highest BCUT2D eigenvalue weighted by Gasteiger charge is 2.05. The summed E-state index contributed by atoms with van der Waals surface area (Å²) < 4.78 is 10.9. The standard InChI is InChI=1S/C20H27NO2/c1-4-22-13-14-23-18-11-9-17(10-12-18)15-21-20-8-6-5-7-19(20)16(2)3/h5-12,16,21H,4,13-15H2,1-3H3. The van der Waals surface area contributed by atoms with Gasteiger partial charge in [0.1, 0.15) is 12.4 Å². The van der Waals surface area contributed by atoms with Crippen molar-refractivity contribution < 1.29 is 9.47 Å². The number of nitrogens with one attached hydrogen (secondary N) is 1. The van der Waals surface area contributed by atoms with Crippen LogP contribution in [0, 0.1) is 0 Å². The molecule has 0 amide bonds. The molecule has 0 bridgehead atoms. The van der Waals surface area contributed by atoms with Gasteiger partial charge in [0.15, 0.2) is 0 Å². The van der Waals surface area contributed by atoms with E-state index < -0.39 is 0 Å². The van der Waals surface area contributed by atoms with Gasteiger partial charge >= 0.3 is 0 Å². The van der Waals surface area contributed by atoms with Crippen molar-refractivity contribution in [3.63, 3.8) is 0 Å². The Morgan fingerprint density at radius 3 is 2.39 bits per heavy atom. The Labute approximate surface area is 139 Å². The van der Waals surface area contributed by atoms with Crippen molar-refractivity contribution >= 4 is 5.69 Å². The summed E-state index contributed by atoms with van der Waals surface area (Å²) in [6, 6.07) is 16.7. The average Bonchev–Trinajstić information content (AvgIpc) is 2.58. The summed E-state index contributed by atoms with van der Waals surface area (Å²) in [6.45, 7) is 9.18. The Morgan fingerprint density at radius 2 is 1.70 bits per heavy atom. The van der Waals surface area contributed by atoms with Crippen molar-refractivity contribution in [1.29, 1.82) is 0 Å². The zero-order valence-corrected chi connectivity index (χ0v) is 14.3. The predicted octanol–water partition coefficient (Wildman–Crippen LogP) is 4.84. The molecule has 3 heteroatoms. The van der Waals surface area contributed by atoms with Crippen molar-refractivity contribution in [2.75, 3.05) is 25.1 Å². The maximum Gasteiger partial charge on any atom is 0.119 e. The van der Waals surface area contributed by atoms with Crippen LogP contribution in [0.5, 0.6) is 5.75 Å². The second-order valence-electron chi connectivity index (χ2n) is 5.78. The van der Waals surface area contributed by atoms with Crippen LogP contribution < -0.4 is 10.1 Å². The second kappa shape index (κ2) is 9.21. The molecule has 3 nitrogen and oxygen atoms in total. The second-order valence-corrected chi connectivity index (χ2v) is 5.78. The summed E-state index contributed by atoms with van der Waals surface area (Å²) in [5.74, 6) is 1.40. The van der Waals surface area contributed by atoms with Gasteiger partial charge in [0.2, 0.25) is 0 Å². The van der Waals surface area contributed by atoms with Crippen LogP contribution in [0.4, 0.5) is 5.69 Å². The largest absolute Gasteiger partial charge is 0.491 e. The minimum atomic E-state index is 0.514. The molecule has 0 saturated carbocycles. The number of hydrogen-bond acceptors (Lipinski definition) is 3. The van der Waals surface area contributed by atoms with E-state index in [1.54, 1.807) is 0 Å². The Kier molecular flexibility index (Phi) is 6.95. The molecule has 2 rings (SSSR count). The van der Waals surface area contributed by atoms with Crippen LogP contribution >= 0.6 is 0 Å². The number of ether oxygens (including phenoxy) is 2. The van der Waals surface area contributed by atoms with Crippen LogP contribution in [0.2, 0.25) is 0 Å². The third kappa shape index (κ3) is 5.61. The SMILES string of the molecule is CCOCCOc1ccc(CNc2ccccc2C(C)C)cc1. The Balaban J connectivity index is 1.87. The molecule has 0 radical (unpaired) electrons.